The van der Waals surface area contributed by atoms with E-state index in [2.05, 4.69) is 18.3 Å². The minimum Gasteiger partial charge on any atom is -0.314 e. The first kappa shape index (κ1) is 6.70. The van der Waals surface area contributed by atoms with Crippen molar-refractivity contribution < 1.29 is 0 Å². The van der Waals surface area contributed by atoms with Crippen molar-refractivity contribution in [3.8, 4) is 0 Å². The Morgan fingerprint density at radius 3 is 2.29 bits per heavy atom. The molecule has 0 fully saturated rings. The van der Waals surface area contributed by atoms with E-state index in [-0.39, 0.29) is 0 Å². The maximum absolute atomic E-state index is 3.08. The standard InChI is InChI=1S/C6H13N/c1-4-5-6(2)7-3/h4-7H,1-3H3/b5-4+/t6-/m0/s1. The molecule has 7 heavy (non-hydrogen) atoms. The lowest BCUT2D eigenvalue weighted by Crippen LogP contribution is -2.17. The Balaban J connectivity index is 3.16. The van der Waals surface area contributed by atoms with Gasteiger partial charge in [0.1, 0.15) is 0 Å². The zero-order valence-electron chi connectivity index (χ0n) is 5.23. The molecule has 1 nitrogen and oxygen atoms in total. The highest BCUT2D eigenvalue weighted by molar-refractivity contribution is 4.86. The maximum atomic E-state index is 3.08. The molecule has 42 valence electrons. The molecule has 0 rings (SSSR count). The summed E-state index contributed by atoms with van der Waals surface area (Å²) in [5.41, 5.74) is 0. The fourth-order valence-corrected chi connectivity index (χ4v) is 0.385. The Kier molecular flexibility index (Phi) is 3.71. The molecule has 0 aromatic rings. The largest absolute Gasteiger partial charge is 0.314 e. The topological polar surface area (TPSA) is 12.0 Å². The Morgan fingerprint density at radius 2 is 2.14 bits per heavy atom. The Bertz CT molecular complexity index is 57.2. The molecule has 0 heterocycles. The monoisotopic (exact) mass is 99.1 g/mol. The third-order valence-electron chi connectivity index (χ3n) is 0.936. The lowest BCUT2D eigenvalue weighted by Gasteiger charge is -1.99. The molecule has 0 aromatic heterocycles. The van der Waals surface area contributed by atoms with Gasteiger partial charge in [-0.05, 0) is 20.9 Å². The van der Waals surface area contributed by atoms with E-state index in [0.717, 1.165) is 0 Å². The van der Waals surface area contributed by atoms with Crippen LogP contribution in [0.3, 0.4) is 0 Å². The van der Waals surface area contributed by atoms with Crippen molar-refractivity contribution in [2.75, 3.05) is 7.05 Å². The number of hydrogen-bond acceptors (Lipinski definition) is 1. The minimum atomic E-state index is 0.519. The average Bonchev–Trinajstić information content (AvgIpc) is 1.68. The summed E-state index contributed by atoms with van der Waals surface area (Å²) in [5.74, 6) is 0. The van der Waals surface area contributed by atoms with E-state index in [1.54, 1.807) is 0 Å². The van der Waals surface area contributed by atoms with Gasteiger partial charge in [0, 0.05) is 6.04 Å². The van der Waals surface area contributed by atoms with Crippen LogP contribution in [0, 0.1) is 0 Å². The van der Waals surface area contributed by atoms with Gasteiger partial charge in [0.2, 0.25) is 0 Å². The molecule has 0 aliphatic carbocycles. The number of rotatable bonds is 2. The maximum Gasteiger partial charge on any atom is 0.0218 e. The highest BCUT2D eigenvalue weighted by atomic mass is 14.8. The van der Waals surface area contributed by atoms with Crippen molar-refractivity contribution in [2.45, 2.75) is 19.9 Å². The highest BCUT2D eigenvalue weighted by Gasteiger charge is 1.83. The summed E-state index contributed by atoms with van der Waals surface area (Å²) >= 11 is 0. The third kappa shape index (κ3) is 3.53. The van der Waals surface area contributed by atoms with Crippen LogP contribution in [-0.4, -0.2) is 13.1 Å². The number of likely N-dealkylation sites (N-methyl/N-ethyl adjacent to an activating group) is 1. The van der Waals surface area contributed by atoms with Crippen LogP contribution in [0.5, 0.6) is 0 Å². The molecule has 0 radical (unpaired) electrons. The Labute approximate surface area is 45.4 Å². The Morgan fingerprint density at radius 1 is 1.57 bits per heavy atom. The van der Waals surface area contributed by atoms with Gasteiger partial charge in [-0.2, -0.15) is 0 Å². The molecule has 0 aliphatic heterocycles. The van der Waals surface area contributed by atoms with Gasteiger partial charge in [0.15, 0.2) is 0 Å². The summed E-state index contributed by atoms with van der Waals surface area (Å²) in [4.78, 5) is 0. The SMILES string of the molecule is C/C=C/[C@H](C)NC. The molecule has 0 unspecified atom stereocenters. The van der Waals surface area contributed by atoms with Gasteiger partial charge in [-0.1, -0.05) is 12.2 Å². The lowest BCUT2D eigenvalue weighted by atomic mass is 10.3. The van der Waals surface area contributed by atoms with Gasteiger partial charge >= 0.3 is 0 Å². The van der Waals surface area contributed by atoms with Crippen molar-refractivity contribution in [1.29, 1.82) is 0 Å². The predicted octanol–water partition coefficient (Wildman–Crippen LogP) is 1.17. The van der Waals surface area contributed by atoms with E-state index in [0.29, 0.717) is 6.04 Å². The molecule has 1 N–H and O–H groups in total. The van der Waals surface area contributed by atoms with Gasteiger partial charge in [-0.25, -0.2) is 0 Å². The van der Waals surface area contributed by atoms with Crippen LogP contribution in [0.2, 0.25) is 0 Å². The zero-order chi connectivity index (χ0) is 5.70. The fourth-order valence-electron chi connectivity index (χ4n) is 0.385. The van der Waals surface area contributed by atoms with E-state index in [1.807, 2.05) is 20.0 Å². The van der Waals surface area contributed by atoms with Crippen LogP contribution in [0.1, 0.15) is 13.8 Å². The molecular formula is C6H13N. The second-order valence-electron chi connectivity index (χ2n) is 1.60. The van der Waals surface area contributed by atoms with Gasteiger partial charge < -0.3 is 5.32 Å². The van der Waals surface area contributed by atoms with Crippen LogP contribution in [0.4, 0.5) is 0 Å². The molecular weight excluding hydrogens is 86.1 g/mol. The molecule has 0 saturated heterocycles. The van der Waals surface area contributed by atoms with Crippen molar-refractivity contribution in [3.05, 3.63) is 12.2 Å². The lowest BCUT2D eigenvalue weighted by molar-refractivity contribution is 0.728. The summed E-state index contributed by atoms with van der Waals surface area (Å²) in [7, 11) is 1.95. The van der Waals surface area contributed by atoms with Crippen molar-refractivity contribution in [1.82, 2.24) is 5.32 Å². The molecule has 1 atom stereocenters. The van der Waals surface area contributed by atoms with E-state index >= 15 is 0 Å². The predicted molar refractivity (Wildman–Crippen MR) is 33.3 cm³/mol. The molecule has 0 spiro atoms. The minimum absolute atomic E-state index is 0.519. The molecule has 0 bridgehead atoms. The molecule has 1 heteroatoms. The van der Waals surface area contributed by atoms with Crippen LogP contribution >= 0.6 is 0 Å². The average molecular weight is 99.2 g/mol. The summed E-state index contributed by atoms with van der Waals surface area (Å²) < 4.78 is 0. The van der Waals surface area contributed by atoms with Crippen LogP contribution in [0.15, 0.2) is 12.2 Å². The van der Waals surface area contributed by atoms with Gasteiger partial charge in [-0.3, -0.25) is 0 Å². The van der Waals surface area contributed by atoms with E-state index in [4.69, 9.17) is 0 Å². The smallest absolute Gasteiger partial charge is 0.0218 e. The van der Waals surface area contributed by atoms with Gasteiger partial charge in [0.25, 0.3) is 0 Å². The third-order valence-corrected chi connectivity index (χ3v) is 0.936. The van der Waals surface area contributed by atoms with Crippen molar-refractivity contribution >= 4 is 0 Å². The molecule has 0 saturated carbocycles. The first-order valence-electron chi connectivity index (χ1n) is 2.61. The summed E-state index contributed by atoms with van der Waals surface area (Å²) in [5, 5.41) is 3.08. The van der Waals surface area contributed by atoms with E-state index in [1.165, 1.54) is 0 Å². The first-order valence-corrected chi connectivity index (χ1v) is 2.61. The quantitative estimate of drug-likeness (QED) is 0.512. The van der Waals surface area contributed by atoms with E-state index in [9.17, 15) is 0 Å². The summed E-state index contributed by atoms with van der Waals surface area (Å²) in [6.07, 6.45) is 4.15. The van der Waals surface area contributed by atoms with Crippen LogP contribution in [0.25, 0.3) is 0 Å². The van der Waals surface area contributed by atoms with Crippen LogP contribution < -0.4 is 5.32 Å². The molecule has 0 aliphatic rings. The van der Waals surface area contributed by atoms with Gasteiger partial charge in [-0.15, -0.1) is 0 Å². The second kappa shape index (κ2) is 3.88. The summed E-state index contributed by atoms with van der Waals surface area (Å²) in [6.45, 7) is 4.13. The van der Waals surface area contributed by atoms with Crippen molar-refractivity contribution in [2.24, 2.45) is 0 Å². The van der Waals surface area contributed by atoms with Crippen molar-refractivity contribution in [3.63, 3.8) is 0 Å². The first-order chi connectivity index (χ1) is 3.31. The fraction of sp³-hybridized carbons (Fsp3) is 0.667. The number of nitrogens with one attached hydrogen (secondary N) is 1. The highest BCUT2D eigenvalue weighted by Crippen LogP contribution is 1.79. The second-order valence-corrected chi connectivity index (χ2v) is 1.60. The van der Waals surface area contributed by atoms with Gasteiger partial charge in [0.05, 0.1) is 0 Å². The zero-order valence-corrected chi connectivity index (χ0v) is 5.23. The number of hydrogen-bond donors (Lipinski definition) is 1. The van der Waals surface area contributed by atoms with E-state index < -0.39 is 0 Å². The normalized spacial score (nSPS) is 15.3. The Hall–Kier alpha value is -0.300. The number of allylic oxidation sites excluding steroid dienone is 1. The molecule has 0 aromatic carbocycles. The molecule has 0 amide bonds. The summed E-state index contributed by atoms with van der Waals surface area (Å²) in [6, 6.07) is 0.519. The van der Waals surface area contributed by atoms with Crippen LogP contribution in [-0.2, 0) is 0 Å².